The third-order valence-electron chi connectivity index (χ3n) is 3.99. The average molecular weight is 282 g/mol. The second-order valence-electron chi connectivity index (χ2n) is 5.38. The smallest absolute Gasteiger partial charge is 0.251 e. The first-order chi connectivity index (χ1) is 9.51. The van der Waals surface area contributed by atoms with Crippen molar-refractivity contribution in [2.75, 3.05) is 18.4 Å². The summed E-state index contributed by atoms with van der Waals surface area (Å²) in [7, 11) is 0. The lowest BCUT2D eigenvalue weighted by Gasteiger charge is -2.14. The number of benzene rings is 1. The third-order valence-corrected chi connectivity index (χ3v) is 3.99. The van der Waals surface area contributed by atoms with Crippen LogP contribution in [0, 0.1) is 17.0 Å². The van der Waals surface area contributed by atoms with Crippen molar-refractivity contribution < 1.29 is 13.6 Å². The van der Waals surface area contributed by atoms with Gasteiger partial charge in [-0.05, 0) is 43.7 Å². The van der Waals surface area contributed by atoms with Gasteiger partial charge in [-0.3, -0.25) is 4.79 Å². The molecule has 0 aromatic heterocycles. The Kier molecular flexibility index (Phi) is 4.26. The van der Waals surface area contributed by atoms with E-state index in [0.717, 1.165) is 31.4 Å². The highest BCUT2D eigenvalue weighted by atomic mass is 19.1. The van der Waals surface area contributed by atoms with E-state index in [4.69, 9.17) is 0 Å². The Balaban J connectivity index is 2.06. The minimum absolute atomic E-state index is 0.0218. The van der Waals surface area contributed by atoms with E-state index in [-0.39, 0.29) is 16.7 Å². The van der Waals surface area contributed by atoms with Crippen molar-refractivity contribution in [3.05, 3.63) is 29.3 Å². The van der Waals surface area contributed by atoms with E-state index in [1.54, 1.807) is 6.92 Å². The van der Waals surface area contributed by atoms with Crippen LogP contribution in [0.4, 0.5) is 14.5 Å². The van der Waals surface area contributed by atoms with Gasteiger partial charge < -0.3 is 10.6 Å². The molecule has 2 N–H and O–H groups in total. The SMILES string of the molecule is CCNc1c(F)cc(C(=O)NCC2(CC)CC2)cc1F. The molecule has 1 amide bonds. The first-order valence-corrected chi connectivity index (χ1v) is 7.02. The molecular weight excluding hydrogens is 262 g/mol. The summed E-state index contributed by atoms with van der Waals surface area (Å²) in [5, 5.41) is 5.37. The van der Waals surface area contributed by atoms with E-state index in [2.05, 4.69) is 17.6 Å². The molecule has 0 radical (unpaired) electrons. The van der Waals surface area contributed by atoms with Gasteiger partial charge in [0, 0.05) is 18.7 Å². The third kappa shape index (κ3) is 3.08. The monoisotopic (exact) mass is 282 g/mol. The number of carbonyl (C=O) groups is 1. The highest BCUT2D eigenvalue weighted by Crippen LogP contribution is 2.47. The molecule has 1 aromatic carbocycles. The minimum atomic E-state index is -0.742. The molecule has 0 spiro atoms. The number of hydrogen-bond donors (Lipinski definition) is 2. The van der Waals surface area contributed by atoms with Crippen LogP contribution in [0.2, 0.25) is 0 Å². The summed E-state index contributed by atoms with van der Waals surface area (Å²) in [6, 6.07) is 2.14. The fraction of sp³-hybridized carbons (Fsp3) is 0.533. The minimum Gasteiger partial charge on any atom is -0.381 e. The molecule has 0 heterocycles. The lowest BCUT2D eigenvalue weighted by molar-refractivity contribution is 0.0943. The molecule has 3 nitrogen and oxygen atoms in total. The van der Waals surface area contributed by atoms with Crippen molar-refractivity contribution in [2.24, 2.45) is 5.41 Å². The number of rotatable bonds is 6. The number of hydrogen-bond acceptors (Lipinski definition) is 2. The van der Waals surface area contributed by atoms with Crippen molar-refractivity contribution in [3.63, 3.8) is 0 Å². The van der Waals surface area contributed by atoms with E-state index >= 15 is 0 Å². The molecule has 1 fully saturated rings. The predicted molar refractivity (Wildman–Crippen MR) is 74.8 cm³/mol. The van der Waals surface area contributed by atoms with Crippen LogP contribution in [0.5, 0.6) is 0 Å². The molecule has 1 aliphatic rings. The molecule has 0 bridgehead atoms. The molecule has 1 aromatic rings. The summed E-state index contributed by atoms with van der Waals surface area (Å²) in [5.74, 6) is -1.91. The first kappa shape index (κ1) is 14.8. The molecule has 2 rings (SSSR count). The van der Waals surface area contributed by atoms with Crippen LogP contribution in [0.1, 0.15) is 43.5 Å². The van der Waals surface area contributed by atoms with Crippen LogP contribution in [0.15, 0.2) is 12.1 Å². The van der Waals surface area contributed by atoms with E-state index in [0.29, 0.717) is 13.1 Å². The van der Waals surface area contributed by atoms with Gasteiger partial charge >= 0.3 is 0 Å². The molecular formula is C15H20F2N2O. The largest absolute Gasteiger partial charge is 0.381 e. The second kappa shape index (κ2) is 5.77. The van der Waals surface area contributed by atoms with E-state index < -0.39 is 17.5 Å². The van der Waals surface area contributed by atoms with Crippen LogP contribution < -0.4 is 10.6 Å². The van der Waals surface area contributed by atoms with Gasteiger partial charge in [0.05, 0.1) is 0 Å². The summed E-state index contributed by atoms with van der Waals surface area (Å²) in [6.07, 6.45) is 3.22. The zero-order valence-electron chi connectivity index (χ0n) is 11.9. The molecule has 20 heavy (non-hydrogen) atoms. The maximum absolute atomic E-state index is 13.7. The van der Waals surface area contributed by atoms with Crippen LogP contribution in [0.3, 0.4) is 0 Å². The van der Waals surface area contributed by atoms with Crippen molar-refractivity contribution in [3.8, 4) is 0 Å². The fourth-order valence-electron chi connectivity index (χ4n) is 2.25. The maximum Gasteiger partial charge on any atom is 0.251 e. The Bertz CT molecular complexity index is 490. The van der Waals surface area contributed by atoms with Crippen LogP contribution in [-0.4, -0.2) is 19.0 Å². The summed E-state index contributed by atoms with van der Waals surface area (Å²) in [6.45, 7) is 4.82. The van der Waals surface area contributed by atoms with Gasteiger partial charge in [0.1, 0.15) is 17.3 Å². The lowest BCUT2D eigenvalue weighted by Crippen LogP contribution is -2.30. The second-order valence-corrected chi connectivity index (χ2v) is 5.38. The Hall–Kier alpha value is -1.65. The lowest BCUT2D eigenvalue weighted by atomic mass is 10.0. The summed E-state index contributed by atoms with van der Waals surface area (Å²) in [4.78, 5) is 11.9. The van der Waals surface area contributed by atoms with Gasteiger partial charge in [0.25, 0.3) is 5.91 Å². The molecule has 0 aliphatic heterocycles. The van der Waals surface area contributed by atoms with Crippen LogP contribution in [-0.2, 0) is 0 Å². The van der Waals surface area contributed by atoms with E-state index in [1.165, 1.54) is 0 Å². The van der Waals surface area contributed by atoms with Gasteiger partial charge in [-0.1, -0.05) is 6.92 Å². The summed E-state index contributed by atoms with van der Waals surface area (Å²) in [5.41, 5.74) is 0.0426. The summed E-state index contributed by atoms with van der Waals surface area (Å²) >= 11 is 0. The molecule has 1 aliphatic carbocycles. The topological polar surface area (TPSA) is 41.1 Å². The Morgan fingerprint density at radius 1 is 1.25 bits per heavy atom. The van der Waals surface area contributed by atoms with Crippen molar-refractivity contribution in [1.29, 1.82) is 0 Å². The van der Waals surface area contributed by atoms with Gasteiger partial charge in [-0.15, -0.1) is 0 Å². The Morgan fingerprint density at radius 3 is 2.30 bits per heavy atom. The molecule has 0 atom stereocenters. The highest BCUT2D eigenvalue weighted by molar-refractivity contribution is 5.94. The standard InChI is InChI=1S/C15H20F2N2O/c1-3-15(5-6-15)9-19-14(20)10-7-11(16)13(18-4-2)12(17)8-10/h7-8,18H,3-6,9H2,1-2H3,(H,19,20). The van der Waals surface area contributed by atoms with E-state index in [1.807, 2.05) is 0 Å². The maximum atomic E-state index is 13.7. The Morgan fingerprint density at radius 2 is 1.85 bits per heavy atom. The van der Waals surface area contributed by atoms with Gasteiger partial charge in [0.2, 0.25) is 0 Å². The molecule has 110 valence electrons. The number of anilines is 1. The highest BCUT2D eigenvalue weighted by Gasteiger charge is 2.40. The molecule has 5 heteroatoms. The van der Waals surface area contributed by atoms with Crippen molar-refractivity contribution >= 4 is 11.6 Å². The van der Waals surface area contributed by atoms with Gasteiger partial charge in [0.15, 0.2) is 0 Å². The van der Waals surface area contributed by atoms with E-state index in [9.17, 15) is 13.6 Å². The number of halogens is 2. The predicted octanol–water partition coefficient (Wildman–Crippen LogP) is 3.32. The zero-order chi connectivity index (χ0) is 14.8. The quantitative estimate of drug-likeness (QED) is 0.840. The van der Waals surface area contributed by atoms with Gasteiger partial charge in [-0.25, -0.2) is 8.78 Å². The molecule has 1 saturated carbocycles. The summed E-state index contributed by atoms with van der Waals surface area (Å²) < 4.78 is 27.5. The normalized spacial score (nSPS) is 15.8. The van der Waals surface area contributed by atoms with Gasteiger partial charge in [-0.2, -0.15) is 0 Å². The zero-order valence-corrected chi connectivity index (χ0v) is 11.9. The fourth-order valence-corrected chi connectivity index (χ4v) is 2.25. The number of carbonyl (C=O) groups excluding carboxylic acids is 1. The average Bonchev–Trinajstić information content (AvgIpc) is 3.20. The van der Waals surface area contributed by atoms with Crippen molar-refractivity contribution in [2.45, 2.75) is 33.1 Å². The Labute approximate surface area is 117 Å². The molecule has 0 saturated heterocycles. The van der Waals surface area contributed by atoms with Crippen LogP contribution in [0.25, 0.3) is 0 Å². The van der Waals surface area contributed by atoms with Crippen LogP contribution >= 0.6 is 0 Å². The number of amides is 1. The van der Waals surface area contributed by atoms with Crippen molar-refractivity contribution in [1.82, 2.24) is 5.32 Å². The molecule has 0 unspecified atom stereocenters. The number of nitrogens with one attached hydrogen (secondary N) is 2. The first-order valence-electron chi connectivity index (χ1n) is 7.02.